The molecule has 1 unspecified atom stereocenters. The molecule has 2 aliphatic rings. The van der Waals surface area contributed by atoms with E-state index >= 15 is 0 Å². The van der Waals surface area contributed by atoms with Gasteiger partial charge in [0.15, 0.2) is 0 Å². The molecule has 4 rings (SSSR count). The summed E-state index contributed by atoms with van der Waals surface area (Å²) in [5, 5.41) is 8.47. The van der Waals surface area contributed by atoms with Crippen molar-refractivity contribution >= 4 is 23.8 Å². The summed E-state index contributed by atoms with van der Waals surface area (Å²) in [6, 6.07) is 1.80. The van der Waals surface area contributed by atoms with Crippen LogP contribution in [0.1, 0.15) is 43.2 Å². The largest absolute Gasteiger partial charge is 0.316 e. The highest BCUT2D eigenvalue weighted by atomic mass is 16.2. The molecule has 2 aromatic heterocycles. The third kappa shape index (κ3) is 3.61. The lowest BCUT2D eigenvalue weighted by Gasteiger charge is -2.34. The van der Waals surface area contributed by atoms with Gasteiger partial charge < -0.3 is 0 Å². The summed E-state index contributed by atoms with van der Waals surface area (Å²) in [5.74, 6) is 1.16. The van der Waals surface area contributed by atoms with Crippen LogP contribution in [0, 0.1) is 17.8 Å². The number of hydrogen-bond acceptors (Lipinski definition) is 5. The Morgan fingerprint density at radius 3 is 2.96 bits per heavy atom. The molecule has 9 heteroatoms. The summed E-state index contributed by atoms with van der Waals surface area (Å²) < 4.78 is 3.50. The van der Waals surface area contributed by atoms with Gasteiger partial charge in [0, 0.05) is 32.4 Å². The lowest BCUT2D eigenvalue weighted by molar-refractivity contribution is -0.120. The summed E-state index contributed by atoms with van der Waals surface area (Å²) >= 11 is 0. The van der Waals surface area contributed by atoms with Gasteiger partial charge in [-0.25, -0.2) is 14.7 Å². The molecule has 1 fully saturated rings. The van der Waals surface area contributed by atoms with E-state index in [0.29, 0.717) is 18.9 Å². The fourth-order valence-electron chi connectivity index (χ4n) is 3.98. The van der Waals surface area contributed by atoms with Crippen LogP contribution in [-0.2, 0) is 17.9 Å². The van der Waals surface area contributed by atoms with Crippen LogP contribution >= 0.6 is 0 Å². The van der Waals surface area contributed by atoms with E-state index in [1.807, 2.05) is 0 Å². The first-order valence-corrected chi connectivity index (χ1v) is 9.82. The molecule has 1 atom stereocenters. The number of carbonyl (C=O) groups is 2. The molecule has 1 aliphatic heterocycles. The van der Waals surface area contributed by atoms with Crippen LogP contribution in [0.25, 0.3) is 0 Å². The molecular weight excluding hydrogens is 358 g/mol. The Morgan fingerprint density at radius 2 is 2.18 bits per heavy atom. The van der Waals surface area contributed by atoms with Gasteiger partial charge in [0.05, 0.1) is 12.1 Å². The van der Waals surface area contributed by atoms with E-state index in [1.54, 1.807) is 39.9 Å². The van der Waals surface area contributed by atoms with Crippen molar-refractivity contribution in [2.75, 3.05) is 11.9 Å². The molecule has 0 aromatic carbocycles. The summed E-state index contributed by atoms with van der Waals surface area (Å²) in [6.07, 6.45) is 8.88. The van der Waals surface area contributed by atoms with E-state index < -0.39 is 11.8 Å². The van der Waals surface area contributed by atoms with Crippen LogP contribution in [0.15, 0.2) is 23.6 Å². The van der Waals surface area contributed by atoms with Crippen molar-refractivity contribution in [2.24, 2.45) is 22.7 Å². The molecule has 0 saturated heterocycles. The van der Waals surface area contributed by atoms with E-state index in [-0.39, 0.29) is 11.7 Å². The third-order valence-electron chi connectivity index (χ3n) is 5.79. The molecule has 0 N–H and O–H groups in total. The van der Waals surface area contributed by atoms with Gasteiger partial charge in [-0.3, -0.25) is 19.2 Å². The fraction of sp³-hybridized carbons (Fsp3) is 0.579. The van der Waals surface area contributed by atoms with E-state index in [1.165, 1.54) is 25.5 Å². The number of rotatable bonds is 5. The van der Waals surface area contributed by atoms with Gasteiger partial charge in [-0.15, -0.1) is 5.10 Å². The molecule has 148 valence electrons. The monoisotopic (exact) mass is 383 g/mol. The van der Waals surface area contributed by atoms with E-state index in [4.69, 9.17) is 0 Å². The van der Waals surface area contributed by atoms with Crippen molar-refractivity contribution in [1.29, 1.82) is 0 Å². The highest BCUT2D eigenvalue weighted by Gasteiger charge is 2.29. The summed E-state index contributed by atoms with van der Waals surface area (Å²) in [5.41, 5.74) is 0. The Bertz CT molecular complexity index is 894. The van der Waals surface area contributed by atoms with Crippen LogP contribution < -0.4 is 4.90 Å². The number of carbonyl (C=O) groups excluding carboxylic acids is 2. The van der Waals surface area contributed by atoms with Crippen LogP contribution in [0.2, 0.25) is 0 Å². The van der Waals surface area contributed by atoms with Crippen molar-refractivity contribution in [3.63, 3.8) is 0 Å². The molecule has 1 aliphatic carbocycles. The number of aromatic nitrogens is 5. The average molecular weight is 383 g/mol. The maximum Gasteiger partial charge on any atom is 0.316 e. The molecule has 1 saturated carbocycles. The minimum absolute atomic E-state index is 0.0740. The predicted octanol–water partition coefficient (Wildman–Crippen LogP) is 1.80. The van der Waals surface area contributed by atoms with Gasteiger partial charge in [-0.1, -0.05) is 13.3 Å². The minimum atomic E-state index is -0.517. The Labute approximate surface area is 163 Å². The number of anilines is 1. The number of fused-ring (bicyclic) bond motifs is 1. The highest BCUT2D eigenvalue weighted by Crippen LogP contribution is 2.36. The van der Waals surface area contributed by atoms with Crippen molar-refractivity contribution in [1.82, 2.24) is 24.5 Å². The Hall–Kier alpha value is -2.84. The summed E-state index contributed by atoms with van der Waals surface area (Å²) in [4.78, 5) is 34.6. The average Bonchev–Trinajstić information content (AvgIpc) is 3.30. The third-order valence-corrected chi connectivity index (χ3v) is 5.79. The van der Waals surface area contributed by atoms with E-state index in [9.17, 15) is 9.59 Å². The topological polar surface area (TPSA) is 98.3 Å². The zero-order valence-electron chi connectivity index (χ0n) is 16.2. The maximum atomic E-state index is 12.6. The minimum Gasteiger partial charge on any atom is -0.300 e. The van der Waals surface area contributed by atoms with Gasteiger partial charge in [0.2, 0.25) is 11.7 Å². The highest BCUT2D eigenvalue weighted by molar-refractivity contribution is 6.06. The first-order valence-electron chi connectivity index (χ1n) is 9.82. The van der Waals surface area contributed by atoms with Crippen LogP contribution in [-0.4, -0.2) is 49.6 Å². The molecule has 0 bridgehead atoms. The molecule has 3 heterocycles. The molecular formula is C19H25N7O2. The molecule has 28 heavy (non-hydrogen) atoms. The number of nitrogens with zero attached hydrogens (tertiary/aromatic N) is 7. The van der Waals surface area contributed by atoms with Gasteiger partial charge >= 0.3 is 5.91 Å². The summed E-state index contributed by atoms with van der Waals surface area (Å²) in [7, 11) is 1.70. The number of hydrogen-bond donors (Lipinski definition) is 0. The quantitative estimate of drug-likeness (QED) is 0.733. The normalized spacial score (nSPS) is 24.9. The molecule has 9 nitrogen and oxygen atoms in total. The first-order chi connectivity index (χ1) is 13.5. The van der Waals surface area contributed by atoms with Gasteiger partial charge in [-0.2, -0.15) is 5.10 Å². The van der Waals surface area contributed by atoms with Crippen molar-refractivity contribution in [2.45, 2.75) is 45.7 Å². The van der Waals surface area contributed by atoms with Crippen LogP contribution in [0.4, 0.5) is 5.82 Å². The fourth-order valence-corrected chi connectivity index (χ4v) is 3.98. The van der Waals surface area contributed by atoms with Crippen molar-refractivity contribution < 1.29 is 9.59 Å². The summed E-state index contributed by atoms with van der Waals surface area (Å²) in [6.45, 7) is 3.60. The van der Waals surface area contributed by atoms with Gasteiger partial charge in [0.1, 0.15) is 12.1 Å². The van der Waals surface area contributed by atoms with Gasteiger partial charge in [0.25, 0.3) is 0 Å². The SMILES string of the molecule is CCC1CC(Cn2cnc(C(=O)N=CC3CCn4nccc4N(C)C3=O)n2)C1. The van der Waals surface area contributed by atoms with Crippen LogP contribution in [0.5, 0.6) is 0 Å². The Balaban J connectivity index is 1.36. The lowest BCUT2D eigenvalue weighted by Crippen LogP contribution is -2.32. The second-order valence-corrected chi connectivity index (χ2v) is 7.69. The standard InChI is InChI=1S/C19H25N7O2/c1-3-13-8-14(9-13)11-25-12-21-17(23-25)18(27)20-10-15-5-7-26-16(4-6-22-26)24(2)19(15)28/h4,6,10,12-15H,3,5,7-9,11H2,1-2H3. The van der Waals surface area contributed by atoms with Gasteiger partial charge in [-0.05, 0) is 31.1 Å². The molecule has 0 spiro atoms. The van der Waals surface area contributed by atoms with E-state index in [0.717, 1.165) is 18.3 Å². The lowest BCUT2D eigenvalue weighted by atomic mass is 9.74. The molecule has 0 radical (unpaired) electrons. The van der Waals surface area contributed by atoms with Crippen molar-refractivity contribution in [3.05, 3.63) is 24.4 Å². The predicted molar refractivity (Wildman–Crippen MR) is 103 cm³/mol. The number of amides is 2. The Kier molecular flexibility index (Phi) is 5.06. The zero-order chi connectivity index (χ0) is 19.7. The smallest absolute Gasteiger partial charge is 0.300 e. The number of aliphatic imine (C=N–C) groups is 1. The zero-order valence-corrected chi connectivity index (χ0v) is 16.2. The Morgan fingerprint density at radius 1 is 1.36 bits per heavy atom. The van der Waals surface area contributed by atoms with E-state index in [2.05, 4.69) is 27.1 Å². The van der Waals surface area contributed by atoms with Crippen LogP contribution in [0.3, 0.4) is 0 Å². The number of aryl methyl sites for hydroxylation is 1. The van der Waals surface area contributed by atoms with Crippen molar-refractivity contribution in [3.8, 4) is 0 Å². The molecule has 2 aromatic rings. The first kappa shape index (κ1) is 18.5. The maximum absolute atomic E-state index is 12.6. The molecule has 2 amide bonds. The second kappa shape index (κ2) is 7.65. The second-order valence-electron chi connectivity index (χ2n) is 7.69.